The topological polar surface area (TPSA) is 92.4 Å². The molecule has 0 saturated heterocycles. The third kappa shape index (κ3) is 8.06. The van der Waals surface area contributed by atoms with Gasteiger partial charge < -0.3 is 16.2 Å². The second-order valence-electron chi connectivity index (χ2n) is 5.23. The number of nitrogens with one attached hydrogen (secondary N) is 1. The van der Waals surface area contributed by atoms with Crippen LogP contribution in [0.15, 0.2) is 0 Å². The molecule has 0 aromatic heterocycles. The van der Waals surface area contributed by atoms with E-state index < -0.39 is 12.0 Å². The van der Waals surface area contributed by atoms with Gasteiger partial charge in [-0.15, -0.1) is 0 Å². The molecule has 5 nitrogen and oxygen atoms in total. The molecule has 106 valence electrons. The van der Waals surface area contributed by atoms with Crippen LogP contribution < -0.4 is 11.1 Å². The maximum absolute atomic E-state index is 11.6. The highest BCUT2D eigenvalue weighted by Crippen LogP contribution is 2.14. The van der Waals surface area contributed by atoms with Gasteiger partial charge in [0.2, 0.25) is 5.91 Å². The molecular formula is C13H26N2O3. The van der Waals surface area contributed by atoms with Crippen LogP contribution in [0.2, 0.25) is 0 Å². The number of carboxylic acids is 1. The van der Waals surface area contributed by atoms with Gasteiger partial charge in [-0.25, -0.2) is 0 Å². The lowest BCUT2D eigenvalue weighted by Gasteiger charge is -2.19. The van der Waals surface area contributed by atoms with E-state index in [9.17, 15) is 9.59 Å². The fourth-order valence-electron chi connectivity index (χ4n) is 1.97. The zero-order valence-corrected chi connectivity index (χ0v) is 11.6. The largest absolute Gasteiger partial charge is 0.481 e. The standard InChI is InChI=1S/C13H26N2O3/c1-4-5-11(14)13(18)15-8-10(6-9(2)3)7-12(16)17/h9-11H,4-8,14H2,1-3H3,(H,15,18)(H,16,17)/t10?,11-/m1/s1. The first-order chi connectivity index (χ1) is 8.36. The molecule has 0 radical (unpaired) electrons. The molecule has 0 aliphatic heterocycles. The van der Waals surface area contributed by atoms with Gasteiger partial charge >= 0.3 is 5.97 Å². The summed E-state index contributed by atoms with van der Waals surface area (Å²) in [6.45, 7) is 6.44. The average molecular weight is 258 g/mol. The van der Waals surface area contributed by atoms with Gasteiger partial charge in [0.05, 0.1) is 6.04 Å². The van der Waals surface area contributed by atoms with Crippen LogP contribution in [0, 0.1) is 11.8 Å². The summed E-state index contributed by atoms with van der Waals surface area (Å²) >= 11 is 0. The molecule has 0 rings (SSSR count). The monoisotopic (exact) mass is 258 g/mol. The van der Waals surface area contributed by atoms with Crippen molar-refractivity contribution in [3.8, 4) is 0 Å². The molecule has 18 heavy (non-hydrogen) atoms. The van der Waals surface area contributed by atoms with E-state index >= 15 is 0 Å². The number of rotatable bonds is 9. The molecule has 1 unspecified atom stereocenters. The molecule has 0 aromatic carbocycles. The normalized spacial score (nSPS) is 14.3. The van der Waals surface area contributed by atoms with E-state index in [1.165, 1.54) is 0 Å². The van der Waals surface area contributed by atoms with Crippen LogP contribution in [0.1, 0.15) is 46.5 Å². The highest BCUT2D eigenvalue weighted by molar-refractivity contribution is 5.81. The Balaban J connectivity index is 4.16. The Morgan fingerprint density at radius 2 is 1.94 bits per heavy atom. The molecule has 0 aromatic rings. The zero-order chi connectivity index (χ0) is 14.1. The summed E-state index contributed by atoms with van der Waals surface area (Å²) in [6.07, 6.45) is 2.38. The summed E-state index contributed by atoms with van der Waals surface area (Å²) in [5, 5.41) is 11.6. The number of hydrogen-bond acceptors (Lipinski definition) is 3. The van der Waals surface area contributed by atoms with Crippen molar-refractivity contribution in [2.45, 2.75) is 52.5 Å². The van der Waals surface area contributed by atoms with Crippen molar-refractivity contribution in [1.29, 1.82) is 0 Å². The van der Waals surface area contributed by atoms with Gasteiger partial charge in [-0.1, -0.05) is 27.2 Å². The number of aliphatic carboxylic acids is 1. The maximum atomic E-state index is 11.6. The summed E-state index contributed by atoms with van der Waals surface area (Å²) in [6, 6.07) is -0.487. The van der Waals surface area contributed by atoms with Crippen molar-refractivity contribution in [3.63, 3.8) is 0 Å². The molecule has 0 aliphatic rings. The van der Waals surface area contributed by atoms with Crippen LogP contribution in [0.25, 0.3) is 0 Å². The first-order valence-electron chi connectivity index (χ1n) is 6.61. The Morgan fingerprint density at radius 1 is 1.33 bits per heavy atom. The van der Waals surface area contributed by atoms with Crippen LogP contribution in [0.3, 0.4) is 0 Å². The van der Waals surface area contributed by atoms with Crippen LogP contribution in [-0.2, 0) is 9.59 Å². The molecule has 0 aliphatic carbocycles. The highest BCUT2D eigenvalue weighted by Gasteiger charge is 2.18. The molecule has 0 fully saturated rings. The molecule has 4 N–H and O–H groups in total. The maximum Gasteiger partial charge on any atom is 0.303 e. The predicted molar refractivity (Wildman–Crippen MR) is 71.1 cm³/mol. The number of nitrogens with two attached hydrogens (primary N) is 1. The number of carbonyl (C=O) groups excluding carboxylic acids is 1. The van der Waals surface area contributed by atoms with Crippen molar-refractivity contribution in [2.24, 2.45) is 17.6 Å². The van der Waals surface area contributed by atoms with E-state index in [-0.39, 0.29) is 18.2 Å². The number of hydrogen-bond donors (Lipinski definition) is 3. The number of amides is 1. The Morgan fingerprint density at radius 3 is 2.39 bits per heavy atom. The molecule has 0 spiro atoms. The average Bonchev–Trinajstić information content (AvgIpc) is 2.24. The molecular weight excluding hydrogens is 232 g/mol. The van der Waals surface area contributed by atoms with Crippen molar-refractivity contribution in [1.82, 2.24) is 5.32 Å². The van der Waals surface area contributed by atoms with Gasteiger partial charge in [0.25, 0.3) is 0 Å². The first kappa shape index (κ1) is 16.9. The molecule has 0 heterocycles. The third-order valence-corrected chi connectivity index (χ3v) is 2.77. The highest BCUT2D eigenvalue weighted by atomic mass is 16.4. The molecule has 1 amide bonds. The van der Waals surface area contributed by atoms with E-state index in [4.69, 9.17) is 10.8 Å². The lowest BCUT2D eigenvalue weighted by atomic mass is 9.94. The quantitative estimate of drug-likeness (QED) is 0.582. The van der Waals surface area contributed by atoms with Gasteiger partial charge in [0.15, 0.2) is 0 Å². The Hall–Kier alpha value is -1.10. The summed E-state index contributed by atoms with van der Waals surface area (Å²) < 4.78 is 0. The van der Waals surface area contributed by atoms with Gasteiger partial charge in [-0.3, -0.25) is 9.59 Å². The third-order valence-electron chi connectivity index (χ3n) is 2.77. The lowest BCUT2D eigenvalue weighted by molar-refractivity contribution is -0.138. The van der Waals surface area contributed by atoms with Gasteiger partial charge in [-0.2, -0.15) is 0 Å². The van der Waals surface area contributed by atoms with E-state index in [1.807, 2.05) is 20.8 Å². The number of carboxylic acid groups (broad SMARTS) is 1. The smallest absolute Gasteiger partial charge is 0.303 e. The van der Waals surface area contributed by atoms with E-state index in [0.717, 1.165) is 12.8 Å². The minimum atomic E-state index is -0.826. The fraction of sp³-hybridized carbons (Fsp3) is 0.846. The Labute approximate surface area is 109 Å². The molecule has 2 atom stereocenters. The van der Waals surface area contributed by atoms with Crippen molar-refractivity contribution in [2.75, 3.05) is 6.54 Å². The van der Waals surface area contributed by atoms with Crippen LogP contribution in [0.4, 0.5) is 0 Å². The van der Waals surface area contributed by atoms with Crippen LogP contribution in [0.5, 0.6) is 0 Å². The number of carbonyl (C=O) groups is 2. The van der Waals surface area contributed by atoms with Crippen LogP contribution in [-0.4, -0.2) is 29.6 Å². The first-order valence-corrected chi connectivity index (χ1v) is 6.61. The summed E-state index contributed by atoms with van der Waals surface area (Å²) in [5.74, 6) is -0.625. The fourth-order valence-corrected chi connectivity index (χ4v) is 1.97. The van der Waals surface area contributed by atoms with E-state index in [0.29, 0.717) is 18.9 Å². The second kappa shape index (κ2) is 8.91. The minimum Gasteiger partial charge on any atom is -0.481 e. The second-order valence-corrected chi connectivity index (χ2v) is 5.23. The molecule has 0 bridgehead atoms. The summed E-state index contributed by atoms with van der Waals surface area (Å²) in [4.78, 5) is 22.4. The lowest BCUT2D eigenvalue weighted by Crippen LogP contribution is -2.42. The van der Waals surface area contributed by atoms with E-state index in [2.05, 4.69) is 5.32 Å². The zero-order valence-electron chi connectivity index (χ0n) is 11.6. The van der Waals surface area contributed by atoms with Gasteiger partial charge in [0.1, 0.15) is 0 Å². The van der Waals surface area contributed by atoms with Gasteiger partial charge in [0, 0.05) is 13.0 Å². The van der Waals surface area contributed by atoms with E-state index in [1.54, 1.807) is 0 Å². The van der Waals surface area contributed by atoms with Crippen molar-refractivity contribution in [3.05, 3.63) is 0 Å². The SMILES string of the molecule is CCC[C@@H](N)C(=O)NCC(CC(=O)O)CC(C)C. The van der Waals surface area contributed by atoms with Crippen molar-refractivity contribution >= 4 is 11.9 Å². The molecule has 5 heteroatoms. The Kier molecular flexibility index (Phi) is 8.37. The van der Waals surface area contributed by atoms with Crippen molar-refractivity contribution < 1.29 is 14.7 Å². The predicted octanol–water partition coefficient (Wildman–Crippen LogP) is 1.37. The van der Waals surface area contributed by atoms with Crippen LogP contribution >= 0.6 is 0 Å². The summed E-state index contributed by atoms with van der Waals surface area (Å²) in [7, 11) is 0. The summed E-state index contributed by atoms with van der Waals surface area (Å²) in [5.41, 5.74) is 5.69. The minimum absolute atomic E-state index is 0.0275. The van der Waals surface area contributed by atoms with Gasteiger partial charge in [-0.05, 0) is 24.7 Å². The molecule has 0 saturated carbocycles. The Bertz CT molecular complexity index is 267.